The molecular weight excluding hydrogens is 302 g/mol. The summed E-state index contributed by atoms with van der Waals surface area (Å²) in [7, 11) is 0. The monoisotopic (exact) mass is 333 g/mol. The second kappa shape index (κ2) is 9.64. The average Bonchev–Trinajstić information content (AvgIpc) is 2.59. The predicted octanol–water partition coefficient (Wildman–Crippen LogP) is 2.85. The summed E-state index contributed by atoms with van der Waals surface area (Å²) < 4.78 is 5.53. The number of hydrogen-bond donors (Lipinski definition) is 1. The van der Waals surface area contributed by atoms with Crippen molar-refractivity contribution in [3.8, 4) is 0 Å². The molecule has 1 aromatic rings. The lowest BCUT2D eigenvalue weighted by molar-refractivity contribution is 0.0589. The Labute approximate surface area is 145 Å². The number of carbonyl (C=O) groups is 1. The van der Waals surface area contributed by atoms with Crippen molar-refractivity contribution in [3.05, 3.63) is 35.9 Å². The molecule has 0 aliphatic carbocycles. The topological polar surface area (TPSA) is 58.8 Å². The molecular formula is C19H31N3O2. The van der Waals surface area contributed by atoms with Crippen molar-refractivity contribution in [2.45, 2.75) is 51.8 Å². The molecule has 1 aliphatic rings. The van der Waals surface area contributed by atoms with Crippen molar-refractivity contribution in [2.24, 2.45) is 5.73 Å². The number of rotatable bonds is 7. The van der Waals surface area contributed by atoms with Gasteiger partial charge in [0, 0.05) is 31.7 Å². The first-order valence-corrected chi connectivity index (χ1v) is 9.03. The Bertz CT molecular complexity index is 491. The zero-order valence-corrected chi connectivity index (χ0v) is 15.0. The molecule has 5 nitrogen and oxygen atoms in total. The third-order valence-electron chi connectivity index (χ3n) is 4.64. The number of piperidine rings is 1. The fourth-order valence-electron chi connectivity index (χ4n) is 3.25. The van der Waals surface area contributed by atoms with Gasteiger partial charge < -0.3 is 15.4 Å². The first kappa shape index (κ1) is 18.7. The highest BCUT2D eigenvalue weighted by atomic mass is 16.6. The molecule has 1 amide bonds. The van der Waals surface area contributed by atoms with Crippen LogP contribution in [0.2, 0.25) is 0 Å². The van der Waals surface area contributed by atoms with Crippen LogP contribution in [-0.2, 0) is 11.3 Å². The molecule has 2 rings (SSSR count). The molecule has 134 valence electrons. The summed E-state index contributed by atoms with van der Waals surface area (Å²) in [6, 6.07) is 10.3. The fraction of sp³-hybridized carbons (Fsp3) is 0.632. The number of nitrogens with two attached hydrogens (primary N) is 1. The van der Waals surface area contributed by atoms with Crippen LogP contribution in [0.25, 0.3) is 0 Å². The molecule has 1 aromatic carbocycles. The number of nitrogens with zero attached hydrogens (tertiary/aromatic N) is 2. The van der Waals surface area contributed by atoms with Crippen LogP contribution < -0.4 is 5.73 Å². The van der Waals surface area contributed by atoms with E-state index in [0.717, 1.165) is 25.1 Å². The van der Waals surface area contributed by atoms with Crippen LogP contribution in [0.4, 0.5) is 4.79 Å². The van der Waals surface area contributed by atoms with Gasteiger partial charge in [0.15, 0.2) is 0 Å². The largest absolute Gasteiger partial charge is 0.445 e. The fourth-order valence-corrected chi connectivity index (χ4v) is 3.25. The number of likely N-dealkylation sites (tertiary alicyclic amines) is 1. The first-order valence-electron chi connectivity index (χ1n) is 9.03. The van der Waals surface area contributed by atoms with Gasteiger partial charge in [-0.05, 0) is 38.8 Å². The zero-order chi connectivity index (χ0) is 17.4. The maximum Gasteiger partial charge on any atom is 0.410 e. The molecule has 0 bridgehead atoms. The van der Waals surface area contributed by atoms with E-state index in [2.05, 4.69) is 4.90 Å². The average molecular weight is 333 g/mol. The van der Waals surface area contributed by atoms with Gasteiger partial charge in [-0.3, -0.25) is 4.90 Å². The van der Waals surface area contributed by atoms with E-state index in [1.54, 1.807) is 0 Å². The van der Waals surface area contributed by atoms with Gasteiger partial charge in [-0.15, -0.1) is 0 Å². The molecule has 5 heteroatoms. The summed E-state index contributed by atoms with van der Waals surface area (Å²) in [6.07, 6.45) is 3.33. The van der Waals surface area contributed by atoms with Gasteiger partial charge in [-0.2, -0.15) is 0 Å². The molecule has 24 heavy (non-hydrogen) atoms. The summed E-state index contributed by atoms with van der Waals surface area (Å²) in [6.45, 7) is 7.75. The third-order valence-corrected chi connectivity index (χ3v) is 4.64. The van der Waals surface area contributed by atoms with Crippen LogP contribution in [0.5, 0.6) is 0 Å². The molecule has 0 aromatic heterocycles. The number of carbonyl (C=O) groups excluding carboxylic acids is 1. The van der Waals surface area contributed by atoms with E-state index in [9.17, 15) is 4.79 Å². The second-order valence-corrected chi connectivity index (χ2v) is 6.76. The van der Waals surface area contributed by atoms with E-state index in [4.69, 9.17) is 10.5 Å². The quantitative estimate of drug-likeness (QED) is 0.833. The van der Waals surface area contributed by atoms with Crippen molar-refractivity contribution in [2.75, 3.05) is 26.2 Å². The predicted molar refractivity (Wildman–Crippen MR) is 96.7 cm³/mol. The van der Waals surface area contributed by atoms with Gasteiger partial charge in [0.1, 0.15) is 6.61 Å². The Hall–Kier alpha value is -1.59. The highest BCUT2D eigenvalue weighted by Gasteiger charge is 2.28. The van der Waals surface area contributed by atoms with Gasteiger partial charge in [0.25, 0.3) is 0 Å². The normalized spacial score (nSPS) is 18.6. The van der Waals surface area contributed by atoms with Crippen molar-refractivity contribution < 1.29 is 9.53 Å². The van der Waals surface area contributed by atoms with Crippen molar-refractivity contribution in [1.82, 2.24) is 9.80 Å². The molecule has 1 aliphatic heterocycles. The second-order valence-electron chi connectivity index (χ2n) is 6.76. The van der Waals surface area contributed by atoms with Gasteiger partial charge >= 0.3 is 6.09 Å². The van der Waals surface area contributed by atoms with E-state index in [1.165, 1.54) is 12.8 Å². The summed E-state index contributed by atoms with van der Waals surface area (Å²) in [5.74, 6) is 0. The molecule has 1 fully saturated rings. The molecule has 0 unspecified atom stereocenters. The highest BCUT2D eigenvalue weighted by Crippen LogP contribution is 2.19. The van der Waals surface area contributed by atoms with Crippen LogP contribution in [0.15, 0.2) is 30.3 Å². The van der Waals surface area contributed by atoms with Crippen LogP contribution in [0, 0.1) is 0 Å². The maximum absolute atomic E-state index is 12.6. The molecule has 0 radical (unpaired) electrons. The van der Waals surface area contributed by atoms with E-state index < -0.39 is 0 Å². The van der Waals surface area contributed by atoms with Crippen LogP contribution in [0.1, 0.15) is 38.7 Å². The van der Waals surface area contributed by atoms with Gasteiger partial charge in [-0.1, -0.05) is 36.8 Å². The molecule has 1 heterocycles. The standard InChI is InChI=1S/C19H31N3O2/c1-16(2)22(14-18-10-6-7-12-21(18)13-11-20)19(23)24-15-17-8-4-3-5-9-17/h3-5,8-9,16,18H,6-7,10-15,20H2,1-2H3/t18-/m1/s1. The number of benzene rings is 1. The Kier molecular flexibility index (Phi) is 7.53. The molecule has 1 atom stereocenters. The van der Waals surface area contributed by atoms with Crippen LogP contribution in [0.3, 0.4) is 0 Å². The molecule has 1 saturated heterocycles. The smallest absolute Gasteiger partial charge is 0.410 e. The van der Waals surface area contributed by atoms with Gasteiger partial charge in [0.05, 0.1) is 0 Å². The summed E-state index contributed by atoms with van der Waals surface area (Å²) in [4.78, 5) is 16.8. The zero-order valence-electron chi connectivity index (χ0n) is 15.0. The molecule has 0 saturated carbocycles. The maximum atomic E-state index is 12.6. The van der Waals surface area contributed by atoms with E-state index >= 15 is 0 Å². The SMILES string of the molecule is CC(C)N(C[C@H]1CCCCN1CCN)C(=O)OCc1ccccc1. The van der Waals surface area contributed by atoms with E-state index in [-0.39, 0.29) is 12.1 Å². The van der Waals surface area contributed by atoms with Crippen LogP contribution >= 0.6 is 0 Å². The number of amides is 1. The Morgan fingerprint density at radius 3 is 2.75 bits per heavy atom. The minimum atomic E-state index is -0.230. The minimum Gasteiger partial charge on any atom is -0.445 e. The first-order chi connectivity index (χ1) is 11.6. The van der Waals surface area contributed by atoms with Crippen molar-refractivity contribution in [1.29, 1.82) is 0 Å². The Balaban J connectivity index is 1.93. The number of ether oxygens (including phenoxy) is 1. The highest BCUT2D eigenvalue weighted by molar-refractivity contribution is 5.68. The van der Waals surface area contributed by atoms with Gasteiger partial charge in [-0.25, -0.2) is 4.79 Å². The summed E-state index contributed by atoms with van der Waals surface area (Å²) >= 11 is 0. The number of hydrogen-bond acceptors (Lipinski definition) is 4. The Morgan fingerprint density at radius 1 is 1.33 bits per heavy atom. The lowest BCUT2D eigenvalue weighted by Gasteiger charge is -2.39. The van der Waals surface area contributed by atoms with Gasteiger partial charge in [0.2, 0.25) is 0 Å². The third kappa shape index (κ3) is 5.49. The van der Waals surface area contributed by atoms with Crippen LogP contribution in [-0.4, -0.2) is 54.2 Å². The summed E-state index contributed by atoms with van der Waals surface area (Å²) in [5.41, 5.74) is 6.75. The lowest BCUT2D eigenvalue weighted by Crippen LogP contribution is -2.51. The molecule has 0 spiro atoms. The van der Waals surface area contributed by atoms with E-state index in [0.29, 0.717) is 25.7 Å². The van der Waals surface area contributed by atoms with Crippen molar-refractivity contribution >= 4 is 6.09 Å². The molecule has 2 N–H and O–H groups in total. The minimum absolute atomic E-state index is 0.120. The summed E-state index contributed by atoms with van der Waals surface area (Å²) in [5, 5.41) is 0. The van der Waals surface area contributed by atoms with E-state index in [1.807, 2.05) is 49.1 Å². The lowest BCUT2D eigenvalue weighted by atomic mass is 10.0. The van der Waals surface area contributed by atoms with Crippen molar-refractivity contribution in [3.63, 3.8) is 0 Å². The Morgan fingerprint density at radius 2 is 2.08 bits per heavy atom.